The molecule has 3 aliphatic rings. The largest absolute Gasteiger partial charge is 0.360 e. The van der Waals surface area contributed by atoms with Crippen LogP contribution in [0.25, 0.3) is 0 Å². The lowest BCUT2D eigenvalue weighted by Crippen LogP contribution is -3.15. The fraction of sp³-hybridized carbons (Fsp3) is 0.750. The molecule has 1 aromatic rings. The molecule has 4 nitrogen and oxygen atoms in total. The van der Waals surface area contributed by atoms with E-state index in [1.807, 2.05) is 0 Å². The monoisotopic (exact) mass is 361 g/mol. The molecule has 0 unspecified atom stereocenters. The van der Waals surface area contributed by atoms with Gasteiger partial charge in [-0.2, -0.15) is 0 Å². The number of aromatic nitrogens is 1. The molecule has 1 saturated heterocycles. The number of rotatable bonds is 4. The summed E-state index contributed by atoms with van der Waals surface area (Å²) in [6.07, 6.45) is 5.67. The van der Waals surface area contributed by atoms with Crippen molar-refractivity contribution in [2.24, 2.45) is 11.8 Å². The van der Waals surface area contributed by atoms with E-state index in [-0.39, 0.29) is 0 Å². The van der Waals surface area contributed by atoms with Gasteiger partial charge in [-0.1, -0.05) is 6.42 Å². The van der Waals surface area contributed by atoms with Gasteiger partial charge in [0.2, 0.25) is 0 Å². The first-order valence-corrected chi connectivity index (χ1v) is 10.5. The van der Waals surface area contributed by atoms with Crippen molar-refractivity contribution < 1.29 is 4.90 Å². The third-order valence-corrected chi connectivity index (χ3v) is 7.29. The van der Waals surface area contributed by atoms with E-state index in [4.69, 9.17) is 12.2 Å². The van der Waals surface area contributed by atoms with Crippen molar-refractivity contribution in [1.82, 2.24) is 14.8 Å². The molecule has 5 heteroatoms. The first kappa shape index (κ1) is 17.3. The zero-order valence-corrected chi connectivity index (χ0v) is 16.6. The summed E-state index contributed by atoms with van der Waals surface area (Å²) in [7, 11) is 0. The maximum absolute atomic E-state index is 5.73. The Kier molecular flexibility index (Phi) is 5.05. The van der Waals surface area contributed by atoms with E-state index >= 15 is 0 Å². The zero-order chi connectivity index (χ0) is 17.4. The molecule has 3 fully saturated rings. The van der Waals surface area contributed by atoms with Crippen LogP contribution in [0.3, 0.4) is 0 Å². The average molecular weight is 362 g/mol. The molecule has 2 saturated carbocycles. The predicted octanol–water partition coefficient (Wildman–Crippen LogP) is 1.37. The second-order valence-electron chi connectivity index (χ2n) is 8.49. The number of nitrogens with one attached hydrogen (secondary N) is 2. The highest BCUT2D eigenvalue weighted by atomic mass is 32.1. The fourth-order valence-electron chi connectivity index (χ4n) is 5.27. The molecule has 4 rings (SSSR count). The molecule has 25 heavy (non-hydrogen) atoms. The molecular formula is C20H33N4S+. The Labute approximate surface area is 157 Å². The van der Waals surface area contributed by atoms with Crippen LogP contribution < -0.4 is 10.2 Å². The first-order valence-electron chi connectivity index (χ1n) is 10.1. The Bertz CT molecular complexity index is 598. The molecule has 0 amide bonds. The van der Waals surface area contributed by atoms with Gasteiger partial charge in [-0.15, -0.1) is 0 Å². The predicted molar refractivity (Wildman–Crippen MR) is 106 cm³/mol. The second-order valence-corrected chi connectivity index (χ2v) is 8.87. The Balaban J connectivity index is 1.21. The molecule has 1 aromatic heterocycles. The normalized spacial score (nSPS) is 29.4. The van der Waals surface area contributed by atoms with Crippen LogP contribution in [0.1, 0.15) is 37.1 Å². The minimum Gasteiger partial charge on any atom is -0.360 e. The highest BCUT2D eigenvalue weighted by Crippen LogP contribution is 2.44. The SMILES string of the molecule is Cc1ccc(C)n1CC[NH+]1CCN(C(=S)N[C@@H]2C[C@@H]3CC[C@@H]2C3)CC1. The molecule has 138 valence electrons. The summed E-state index contributed by atoms with van der Waals surface area (Å²) < 4.78 is 2.45. The van der Waals surface area contributed by atoms with Crippen molar-refractivity contribution in [2.75, 3.05) is 32.7 Å². The summed E-state index contributed by atoms with van der Waals surface area (Å²) in [6, 6.07) is 5.11. The Morgan fingerprint density at radius 1 is 1.16 bits per heavy atom. The number of fused-ring (bicyclic) bond motifs is 2. The van der Waals surface area contributed by atoms with Gasteiger partial charge in [0.05, 0.1) is 39.3 Å². The molecule has 2 heterocycles. The number of quaternary nitrogens is 1. The number of hydrogen-bond donors (Lipinski definition) is 2. The zero-order valence-electron chi connectivity index (χ0n) is 15.8. The molecule has 0 spiro atoms. The maximum Gasteiger partial charge on any atom is 0.169 e. The van der Waals surface area contributed by atoms with Crippen LogP contribution in [-0.2, 0) is 6.54 Å². The van der Waals surface area contributed by atoms with Gasteiger partial charge < -0.3 is 19.7 Å². The third kappa shape index (κ3) is 3.72. The van der Waals surface area contributed by atoms with Gasteiger partial charge in [0.15, 0.2) is 5.11 Å². The van der Waals surface area contributed by atoms with E-state index in [1.54, 1.807) is 4.90 Å². The van der Waals surface area contributed by atoms with E-state index in [9.17, 15) is 0 Å². The quantitative estimate of drug-likeness (QED) is 0.793. The fourth-order valence-corrected chi connectivity index (χ4v) is 5.60. The molecule has 3 atom stereocenters. The van der Waals surface area contributed by atoms with Crippen LogP contribution >= 0.6 is 12.2 Å². The molecule has 0 aromatic carbocycles. The smallest absolute Gasteiger partial charge is 0.169 e. The van der Waals surface area contributed by atoms with Gasteiger partial charge in [0.1, 0.15) is 0 Å². The topological polar surface area (TPSA) is 24.6 Å². The van der Waals surface area contributed by atoms with E-state index in [0.717, 1.165) is 36.6 Å². The lowest BCUT2D eigenvalue weighted by atomic mass is 9.95. The lowest BCUT2D eigenvalue weighted by molar-refractivity contribution is -0.904. The Morgan fingerprint density at radius 2 is 1.88 bits per heavy atom. The number of nitrogens with zero attached hydrogens (tertiary/aromatic N) is 2. The van der Waals surface area contributed by atoms with Gasteiger partial charge in [0.25, 0.3) is 0 Å². The lowest BCUT2D eigenvalue weighted by Gasteiger charge is -2.36. The van der Waals surface area contributed by atoms with E-state index in [1.165, 1.54) is 56.7 Å². The highest BCUT2D eigenvalue weighted by Gasteiger charge is 2.40. The minimum absolute atomic E-state index is 0.663. The average Bonchev–Trinajstić information content (AvgIpc) is 3.31. The van der Waals surface area contributed by atoms with Crippen LogP contribution in [0.15, 0.2) is 12.1 Å². The Morgan fingerprint density at radius 3 is 2.48 bits per heavy atom. The third-order valence-electron chi connectivity index (χ3n) is 6.91. The van der Waals surface area contributed by atoms with Crippen molar-refractivity contribution in [2.45, 2.75) is 52.1 Å². The number of thiocarbonyl (C=S) groups is 1. The number of aryl methyl sites for hydroxylation is 2. The molecular weight excluding hydrogens is 328 g/mol. The molecule has 2 N–H and O–H groups in total. The minimum atomic E-state index is 0.663. The summed E-state index contributed by atoms with van der Waals surface area (Å²) in [5, 5.41) is 4.73. The number of piperazine rings is 1. The van der Waals surface area contributed by atoms with Crippen molar-refractivity contribution in [3.63, 3.8) is 0 Å². The highest BCUT2D eigenvalue weighted by molar-refractivity contribution is 7.80. The van der Waals surface area contributed by atoms with Gasteiger partial charge in [-0.3, -0.25) is 0 Å². The number of hydrogen-bond acceptors (Lipinski definition) is 1. The standard InChI is InChI=1S/C20H32N4S/c1-15-3-4-16(2)24(15)12-9-22-7-10-23(11-8-22)20(25)21-19-14-17-5-6-18(19)13-17/h3-4,17-19H,5-14H2,1-2H3,(H,21,25)/p+1/t17-,18-,19-/m1/s1. The first-order chi connectivity index (χ1) is 12.1. The van der Waals surface area contributed by atoms with Crippen molar-refractivity contribution in [1.29, 1.82) is 0 Å². The van der Waals surface area contributed by atoms with Crippen molar-refractivity contribution in [3.8, 4) is 0 Å². The van der Waals surface area contributed by atoms with Gasteiger partial charge in [-0.05, 0) is 69.3 Å². The van der Waals surface area contributed by atoms with Gasteiger partial charge >= 0.3 is 0 Å². The van der Waals surface area contributed by atoms with Crippen molar-refractivity contribution in [3.05, 3.63) is 23.5 Å². The summed E-state index contributed by atoms with van der Waals surface area (Å²) in [4.78, 5) is 4.13. The molecule has 1 aliphatic heterocycles. The second kappa shape index (κ2) is 7.28. The summed E-state index contributed by atoms with van der Waals surface area (Å²) >= 11 is 5.73. The van der Waals surface area contributed by atoms with E-state index in [2.05, 4.69) is 40.8 Å². The van der Waals surface area contributed by atoms with Crippen LogP contribution in [0.2, 0.25) is 0 Å². The molecule has 2 bridgehead atoms. The van der Waals surface area contributed by atoms with Crippen LogP contribution in [0.5, 0.6) is 0 Å². The van der Waals surface area contributed by atoms with E-state index < -0.39 is 0 Å². The summed E-state index contributed by atoms with van der Waals surface area (Å²) in [5.41, 5.74) is 2.76. The molecule has 0 radical (unpaired) electrons. The van der Waals surface area contributed by atoms with Gasteiger partial charge in [-0.25, -0.2) is 0 Å². The van der Waals surface area contributed by atoms with Crippen LogP contribution in [0, 0.1) is 25.7 Å². The van der Waals surface area contributed by atoms with Crippen LogP contribution in [0.4, 0.5) is 0 Å². The Hall–Kier alpha value is -1.07. The molecule has 2 aliphatic carbocycles. The summed E-state index contributed by atoms with van der Waals surface area (Å²) in [6.45, 7) is 11.4. The van der Waals surface area contributed by atoms with Crippen LogP contribution in [-0.4, -0.2) is 53.3 Å². The maximum atomic E-state index is 5.73. The summed E-state index contributed by atoms with van der Waals surface area (Å²) in [5.74, 6) is 1.87. The van der Waals surface area contributed by atoms with Gasteiger partial charge in [0, 0.05) is 17.4 Å². The van der Waals surface area contributed by atoms with Crippen molar-refractivity contribution >= 4 is 17.3 Å². The van der Waals surface area contributed by atoms with E-state index in [0.29, 0.717) is 6.04 Å².